The Kier molecular flexibility index (Phi) is 3.03. The smallest absolute Gasteiger partial charge is 0.122 e. The van der Waals surface area contributed by atoms with E-state index < -0.39 is 0 Å². The minimum Gasteiger partial charge on any atom is -0.491 e. The molecule has 1 aliphatic rings. The number of para-hydroxylation sites is 1. The summed E-state index contributed by atoms with van der Waals surface area (Å²) < 4.78 is 5.81. The molecule has 2 aromatic carbocycles. The zero-order valence-corrected chi connectivity index (χ0v) is 11.2. The molecule has 98 valence electrons. The summed E-state index contributed by atoms with van der Waals surface area (Å²) in [6.45, 7) is 2.68. The van der Waals surface area contributed by atoms with Crippen molar-refractivity contribution >= 4 is 0 Å². The zero-order valence-electron chi connectivity index (χ0n) is 11.2. The first kappa shape index (κ1) is 12.2. The first-order valence-corrected chi connectivity index (χ1v) is 6.70. The highest BCUT2D eigenvalue weighted by molar-refractivity contribution is 5.37. The van der Waals surface area contributed by atoms with Gasteiger partial charge in [0.05, 0.1) is 5.54 Å². The summed E-state index contributed by atoms with van der Waals surface area (Å²) in [5.74, 6) is 0.979. The third-order valence-electron chi connectivity index (χ3n) is 3.71. The molecule has 2 N–H and O–H groups in total. The lowest BCUT2D eigenvalue weighted by atomic mass is 9.84. The van der Waals surface area contributed by atoms with Crippen LogP contribution in [-0.2, 0) is 12.8 Å². The summed E-state index contributed by atoms with van der Waals surface area (Å²) >= 11 is 0. The molecule has 0 radical (unpaired) electrons. The van der Waals surface area contributed by atoms with Gasteiger partial charge in [0, 0.05) is 0 Å². The van der Waals surface area contributed by atoms with E-state index in [0.717, 1.165) is 18.6 Å². The predicted molar refractivity (Wildman–Crippen MR) is 77.4 cm³/mol. The van der Waals surface area contributed by atoms with Gasteiger partial charge in [0.25, 0.3) is 0 Å². The Morgan fingerprint density at radius 2 is 1.84 bits per heavy atom. The molecular weight excluding hydrogens is 234 g/mol. The minimum atomic E-state index is -0.302. The van der Waals surface area contributed by atoms with Crippen molar-refractivity contribution in [1.82, 2.24) is 0 Å². The topological polar surface area (TPSA) is 35.2 Å². The van der Waals surface area contributed by atoms with Crippen LogP contribution < -0.4 is 10.5 Å². The van der Waals surface area contributed by atoms with Crippen LogP contribution in [0.2, 0.25) is 0 Å². The lowest BCUT2D eigenvalue weighted by Crippen LogP contribution is -2.51. The molecule has 2 nitrogen and oxygen atoms in total. The fourth-order valence-electron chi connectivity index (χ4n) is 2.67. The first-order valence-electron chi connectivity index (χ1n) is 6.70. The summed E-state index contributed by atoms with van der Waals surface area (Å²) in [5, 5.41) is 0. The molecule has 1 aliphatic heterocycles. The highest BCUT2D eigenvalue weighted by atomic mass is 16.5. The van der Waals surface area contributed by atoms with Gasteiger partial charge in [-0.2, -0.15) is 0 Å². The number of hydrogen-bond donors (Lipinski definition) is 1. The van der Waals surface area contributed by atoms with Gasteiger partial charge in [0.1, 0.15) is 12.4 Å². The van der Waals surface area contributed by atoms with Gasteiger partial charge in [-0.1, -0.05) is 48.0 Å². The Morgan fingerprint density at radius 1 is 1.11 bits per heavy atom. The Labute approximate surface area is 114 Å². The summed E-state index contributed by atoms with van der Waals surface area (Å²) in [4.78, 5) is 0. The number of rotatable bonds is 2. The second kappa shape index (κ2) is 4.71. The third-order valence-corrected chi connectivity index (χ3v) is 3.71. The van der Waals surface area contributed by atoms with Gasteiger partial charge in [-0.05, 0) is 37.0 Å². The molecule has 1 heterocycles. The normalized spacial score (nSPS) is 21.6. The van der Waals surface area contributed by atoms with Crippen LogP contribution in [0.1, 0.15) is 16.7 Å². The number of nitrogens with two attached hydrogens (primary N) is 1. The average molecular weight is 253 g/mol. The Hall–Kier alpha value is -1.80. The number of fused-ring (bicyclic) bond motifs is 1. The van der Waals surface area contributed by atoms with E-state index in [9.17, 15) is 0 Å². The van der Waals surface area contributed by atoms with Crippen molar-refractivity contribution in [2.45, 2.75) is 25.3 Å². The van der Waals surface area contributed by atoms with Gasteiger partial charge in [0.15, 0.2) is 0 Å². The second-order valence-corrected chi connectivity index (χ2v) is 5.60. The molecule has 0 amide bonds. The van der Waals surface area contributed by atoms with Crippen LogP contribution in [-0.4, -0.2) is 12.1 Å². The first-order chi connectivity index (χ1) is 9.15. The molecule has 0 fully saturated rings. The van der Waals surface area contributed by atoms with Crippen molar-refractivity contribution in [1.29, 1.82) is 0 Å². The highest BCUT2D eigenvalue weighted by Gasteiger charge is 2.31. The van der Waals surface area contributed by atoms with Crippen molar-refractivity contribution in [3.8, 4) is 5.75 Å². The van der Waals surface area contributed by atoms with E-state index in [1.54, 1.807) is 0 Å². The Bertz CT molecular complexity index is 576. The summed E-state index contributed by atoms with van der Waals surface area (Å²) in [5.41, 5.74) is 9.98. The molecule has 2 heteroatoms. The van der Waals surface area contributed by atoms with E-state index in [2.05, 4.69) is 37.3 Å². The van der Waals surface area contributed by atoms with Crippen LogP contribution in [0, 0.1) is 6.92 Å². The van der Waals surface area contributed by atoms with Crippen LogP contribution in [0.25, 0.3) is 0 Å². The van der Waals surface area contributed by atoms with Gasteiger partial charge in [0.2, 0.25) is 0 Å². The summed E-state index contributed by atoms with van der Waals surface area (Å²) in [6, 6.07) is 16.7. The maximum atomic E-state index is 6.52. The van der Waals surface area contributed by atoms with Crippen molar-refractivity contribution in [2.24, 2.45) is 5.73 Å². The molecule has 1 unspecified atom stereocenters. The van der Waals surface area contributed by atoms with E-state index in [1.807, 2.05) is 18.2 Å². The Balaban J connectivity index is 1.80. The molecule has 3 rings (SSSR count). The van der Waals surface area contributed by atoms with Crippen molar-refractivity contribution in [3.63, 3.8) is 0 Å². The number of hydrogen-bond acceptors (Lipinski definition) is 2. The van der Waals surface area contributed by atoms with E-state index in [-0.39, 0.29) is 5.54 Å². The molecule has 0 bridgehead atoms. The third kappa shape index (κ3) is 2.64. The Morgan fingerprint density at radius 3 is 2.63 bits per heavy atom. The average Bonchev–Trinajstić information content (AvgIpc) is 2.41. The molecular formula is C17H19NO. The molecule has 19 heavy (non-hydrogen) atoms. The van der Waals surface area contributed by atoms with Crippen molar-refractivity contribution in [2.75, 3.05) is 6.61 Å². The lowest BCUT2D eigenvalue weighted by molar-refractivity contribution is 0.190. The monoisotopic (exact) mass is 253 g/mol. The molecule has 0 saturated carbocycles. The van der Waals surface area contributed by atoms with Crippen LogP contribution >= 0.6 is 0 Å². The molecule has 1 atom stereocenters. The second-order valence-electron chi connectivity index (χ2n) is 5.60. The SMILES string of the molecule is Cc1ccc(CC2(N)COc3ccccc3C2)cc1. The van der Waals surface area contributed by atoms with Gasteiger partial charge >= 0.3 is 0 Å². The van der Waals surface area contributed by atoms with Crippen molar-refractivity contribution in [3.05, 3.63) is 65.2 Å². The zero-order chi connectivity index (χ0) is 13.3. The van der Waals surface area contributed by atoms with E-state index in [1.165, 1.54) is 16.7 Å². The van der Waals surface area contributed by atoms with Crippen LogP contribution in [0.15, 0.2) is 48.5 Å². The van der Waals surface area contributed by atoms with Crippen LogP contribution in [0.4, 0.5) is 0 Å². The van der Waals surface area contributed by atoms with Gasteiger partial charge in [-0.25, -0.2) is 0 Å². The number of benzene rings is 2. The fourth-order valence-corrected chi connectivity index (χ4v) is 2.67. The van der Waals surface area contributed by atoms with Crippen molar-refractivity contribution < 1.29 is 4.74 Å². The van der Waals surface area contributed by atoms with E-state index in [4.69, 9.17) is 10.5 Å². The molecule has 0 saturated heterocycles. The van der Waals surface area contributed by atoms with Crippen LogP contribution in [0.3, 0.4) is 0 Å². The maximum absolute atomic E-state index is 6.52. The molecule has 0 aliphatic carbocycles. The quantitative estimate of drug-likeness (QED) is 0.893. The molecule has 0 spiro atoms. The van der Waals surface area contributed by atoms with E-state index >= 15 is 0 Å². The van der Waals surface area contributed by atoms with Gasteiger partial charge in [-0.15, -0.1) is 0 Å². The summed E-state index contributed by atoms with van der Waals surface area (Å²) in [7, 11) is 0. The highest BCUT2D eigenvalue weighted by Crippen LogP contribution is 2.29. The summed E-state index contributed by atoms with van der Waals surface area (Å²) in [6.07, 6.45) is 1.72. The molecule has 2 aromatic rings. The van der Waals surface area contributed by atoms with Gasteiger partial charge in [-0.3, -0.25) is 0 Å². The van der Waals surface area contributed by atoms with E-state index in [0.29, 0.717) is 6.61 Å². The lowest BCUT2D eigenvalue weighted by Gasteiger charge is -2.34. The minimum absolute atomic E-state index is 0.302. The maximum Gasteiger partial charge on any atom is 0.122 e. The van der Waals surface area contributed by atoms with Gasteiger partial charge < -0.3 is 10.5 Å². The molecule has 0 aromatic heterocycles. The number of aryl methyl sites for hydroxylation is 1. The standard InChI is InChI=1S/C17H19NO/c1-13-6-8-14(9-7-13)10-17(18)11-15-4-2-3-5-16(15)19-12-17/h2-9H,10-12,18H2,1H3. The van der Waals surface area contributed by atoms with Crippen LogP contribution in [0.5, 0.6) is 5.75 Å². The predicted octanol–water partition coefficient (Wildman–Crippen LogP) is 2.87. The fraction of sp³-hybridized carbons (Fsp3) is 0.294. The number of ether oxygens (including phenoxy) is 1. The largest absolute Gasteiger partial charge is 0.491 e.